The Balaban J connectivity index is 1.45. The third-order valence-corrected chi connectivity index (χ3v) is 5.96. The summed E-state index contributed by atoms with van der Waals surface area (Å²) in [4.78, 5) is 4.03. The maximum absolute atomic E-state index is 5.28. The highest BCUT2D eigenvalue weighted by molar-refractivity contribution is 5.49. The van der Waals surface area contributed by atoms with E-state index < -0.39 is 0 Å². The van der Waals surface area contributed by atoms with Crippen molar-refractivity contribution in [3.8, 4) is 5.75 Å². The average Bonchev–Trinajstić information content (AvgIpc) is 3.26. The van der Waals surface area contributed by atoms with E-state index in [1.54, 1.807) is 12.0 Å². The van der Waals surface area contributed by atoms with Crippen LogP contribution in [0.5, 0.6) is 5.75 Å². The number of hydrogen-bond donors (Lipinski definition) is 1. The van der Waals surface area contributed by atoms with E-state index in [0.717, 1.165) is 50.6 Å². The molecule has 4 rings (SSSR count). The quantitative estimate of drug-likeness (QED) is 0.619. The van der Waals surface area contributed by atoms with Gasteiger partial charge < -0.3 is 14.5 Å². The smallest absolute Gasteiger partial charge is 0.209 e. The first-order chi connectivity index (χ1) is 14.8. The highest BCUT2D eigenvalue weighted by Gasteiger charge is 2.32. The standard InChI is InChI=1S/C23H30N6O/c1-3-7-22(23-24-25-26-29(23)18-19-8-5-4-6-9-19)28-16-14-27(15-17-28)20-10-12-21(30-2)13-11-20/h4-6,8-13,22H,3,7,14-18H2,1-2H3/p+1/t22-/m0/s1. The first-order valence-corrected chi connectivity index (χ1v) is 10.8. The average molecular weight is 408 g/mol. The Hall–Kier alpha value is -2.93. The van der Waals surface area contributed by atoms with Crippen LogP contribution in [0.2, 0.25) is 0 Å². The minimum atomic E-state index is 0.326. The molecule has 2 heterocycles. The molecule has 3 aromatic rings. The van der Waals surface area contributed by atoms with E-state index in [0.29, 0.717) is 12.6 Å². The van der Waals surface area contributed by atoms with Crippen molar-refractivity contribution in [2.45, 2.75) is 32.4 Å². The number of nitrogens with zero attached hydrogens (tertiary/aromatic N) is 5. The minimum Gasteiger partial charge on any atom is -0.497 e. The van der Waals surface area contributed by atoms with Crippen LogP contribution in [0.3, 0.4) is 0 Å². The number of aromatic nitrogens is 4. The van der Waals surface area contributed by atoms with Gasteiger partial charge in [0.1, 0.15) is 11.8 Å². The number of quaternary nitrogens is 1. The molecule has 158 valence electrons. The number of ether oxygens (including phenoxy) is 1. The van der Waals surface area contributed by atoms with Crippen molar-refractivity contribution in [1.82, 2.24) is 20.2 Å². The molecule has 0 spiro atoms. The fraction of sp³-hybridized carbons (Fsp3) is 0.435. The summed E-state index contributed by atoms with van der Waals surface area (Å²) in [5.41, 5.74) is 2.48. The van der Waals surface area contributed by atoms with Crippen LogP contribution in [0.15, 0.2) is 54.6 Å². The van der Waals surface area contributed by atoms with Crippen molar-refractivity contribution in [2.75, 3.05) is 38.2 Å². The topological polar surface area (TPSA) is 60.5 Å². The molecule has 1 fully saturated rings. The molecule has 0 saturated carbocycles. The lowest BCUT2D eigenvalue weighted by Crippen LogP contribution is -3.15. The normalized spacial score (nSPS) is 15.9. The molecule has 1 aliphatic rings. The molecule has 1 saturated heterocycles. The number of hydrogen-bond acceptors (Lipinski definition) is 5. The van der Waals surface area contributed by atoms with Gasteiger partial charge in [0.2, 0.25) is 5.82 Å². The second-order valence-electron chi connectivity index (χ2n) is 7.86. The van der Waals surface area contributed by atoms with Gasteiger partial charge in [0.15, 0.2) is 0 Å². The van der Waals surface area contributed by atoms with E-state index in [1.807, 2.05) is 22.9 Å². The van der Waals surface area contributed by atoms with Gasteiger partial charge in [-0.05, 0) is 40.3 Å². The van der Waals surface area contributed by atoms with Crippen molar-refractivity contribution in [3.63, 3.8) is 0 Å². The van der Waals surface area contributed by atoms with Crippen LogP contribution in [0.4, 0.5) is 5.69 Å². The van der Waals surface area contributed by atoms with Gasteiger partial charge in [-0.3, -0.25) is 0 Å². The van der Waals surface area contributed by atoms with Gasteiger partial charge in [-0.2, -0.15) is 0 Å². The second-order valence-corrected chi connectivity index (χ2v) is 7.86. The molecule has 0 unspecified atom stereocenters. The Bertz CT molecular complexity index is 903. The van der Waals surface area contributed by atoms with Gasteiger partial charge in [0.25, 0.3) is 0 Å². The highest BCUT2D eigenvalue weighted by Crippen LogP contribution is 2.20. The molecule has 0 aliphatic carbocycles. The van der Waals surface area contributed by atoms with Crippen molar-refractivity contribution in [2.24, 2.45) is 0 Å². The molecule has 1 atom stereocenters. The van der Waals surface area contributed by atoms with Crippen LogP contribution in [-0.2, 0) is 6.54 Å². The van der Waals surface area contributed by atoms with Crippen LogP contribution in [0, 0.1) is 0 Å². The predicted octanol–water partition coefficient (Wildman–Crippen LogP) is 1.98. The van der Waals surface area contributed by atoms with E-state index in [4.69, 9.17) is 4.74 Å². The SMILES string of the molecule is CCC[C@@H](c1nnnn1Cc1ccccc1)[NH+]1CCN(c2ccc(OC)cc2)CC1. The number of methoxy groups -OCH3 is 1. The number of piperazine rings is 1. The second kappa shape index (κ2) is 9.71. The molecule has 0 amide bonds. The van der Waals surface area contributed by atoms with Crippen LogP contribution in [0.25, 0.3) is 0 Å². The van der Waals surface area contributed by atoms with Gasteiger partial charge >= 0.3 is 0 Å². The van der Waals surface area contributed by atoms with Crippen LogP contribution in [0.1, 0.15) is 37.2 Å². The summed E-state index contributed by atoms with van der Waals surface area (Å²) in [5, 5.41) is 12.8. The Morgan fingerprint density at radius 2 is 1.77 bits per heavy atom. The maximum Gasteiger partial charge on any atom is 0.209 e. The minimum absolute atomic E-state index is 0.326. The van der Waals surface area contributed by atoms with Gasteiger partial charge in [-0.25, -0.2) is 4.68 Å². The number of anilines is 1. The van der Waals surface area contributed by atoms with Gasteiger partial charge in [0.05, 0.1) is 39.8 Å². The van der Waals surface area contributed by atoms with Gasteiger partial charge in [-0.1, -0.05) is 43.7 Å². The molecule has 0 bridgehead atoms. The van der Waals surface area contributed by atoms with Crippen LogP contribution in [-0.4, -0.2) is 53.5 Å². The molecule has 1 aromatic heterocycles. The van der Waals surface area contributed by atoms with E-state index >= 15 is 0 Å². The fourth-order valence-electron chi connectivity index (χ4n) is 4.33. The lowest BCUT2D eigenvalue weighted by atomic mass is 10.1. The number of nitrogens with one attached hydrogen (secondary N) is 1. The molecular formula is C23H31N6O+. The van der Waals surface area contributed by atoms with E-state index in [-0.39, 0.29) is 0 Å². The molecule has 7 heteroatoms. The Morgan fingerprint density at radius 1 is 1.03 bits per heavy atom. The van der Waals surface area contributed by atoms with E-state index in [1.165, 1.54) is 11.3 Å². The van der Waals surface area contributed by atoms with Crippen molar-refractivity contribution in [3.05, 3.63) is 66.0 Å². The van der Waals surface area contributed by atoms with Gasteiger partial charge in [0, 0.05) is 12.1 Å². The summed E-state index contributed by atoms with van der Waals surface area (Å²) in [5.74, 6) is 1.91. The summed E-state index contributed by atoms with van der Waals surface area (Å²) in [7, 11) is 1.70. The predicted molar refractivity (Wildman–Crippen MR) is 117 cm³/mol. The zero-order chi connectivity index (χ0) is 20.8. The van der Waals surface area contributed by atoms with Crippen LogP contribution < -0.4 is 14.5 Å². The third-order valence-electron chi connectivity index (χ3n) is 5.96. The number of rotatable bonds is 8. The third kappa shape index (κ3) is 4.62. The zero-order valence-electron chi connectivity index (χ0n) is 17.9. The van der Waals surface area contributed by atoms with E-state index in [9.17, 15) is 0 Å². The van der Waals surface area contributed by atoms with E-state index in [2.05, 4.69) is 63.7 Å². The molecular weight excluding hydrogens is 376 g/mol. The molecule has 1 aliphatic heterocycles. The first-order valence-electron chi connectivity index (χ1n) is 10.8. The molecule has 30 heavy (non-hydrogen) atoms. The monoisotopic (exact) mass is 407 g/mol. The maximum atomic E-state index is 5.28. The van der Waals surface area contributed by atoms with Crippen LogP contribution >= 0.6 is 0 Å². The fourth-order valence-corrected chi connectivity index (χ4v) is 4.33. The number of tetrazole rings is 1. The summed E-state index contributed by atoms with van der Waals surface area (Å²) < 4.78 is 7.27. The lowest BCUT2D eigenvalue weighted by molar-refractivity contribution is -0.933. The molecule has 0 radical (unpaired) electrons. The lowest BCUT2D eigenvalue weighted by Gasteiger charge is -2.37. The van der Waals surface area contributed by atoms with Gasteiger partial charge in [-0.15, -0.1) is 5.10 Å². The molecule has 2 aromatic carbocycles. The molecule has 1 N–H and O–H groups in total. The molecule has 7 nitrogen and oxygen atoms in total. The summed E-state index contributed by atoms with van der Waals surface area (Å²) in [6.45, 7) is 7.17. The van der Waals surface area contributed by atoms with Crippen molar-refractivity contribution >= 4 is 5.69 Å². The van der Waals surface area contributed by atoms with Crippen molar-refractivity contribution < 1.29 is 9.64 Å². The first kappa shape index (κ1) is 20.3. The Morgan fingerprint density at radius 3 is 2.43 bits per heavy atom. The Labute approximate surface area is 178 Å². The Kier molecular flexibility index (Phi) is 6.59. The largest absolute Gasteiger partial charge is 0.497 e. The number of benzene rings is 2. The zero-order valence-corrected chi connectivity index (χ0v) is 17.9. The van der Waals surface area contributed by atoms with Crippen molar-refractivity contribution in [1.29, 1.82) is 0 Å². The highest BCUT2D eigenvalue weighted by atomic mass is 16.5. The summed E-state index contributed by atoms with van der Waals surface area (Å²) >= 11 is 0. The summed E-state index contributed by atoms with van der Waals surface area (Å²) in [6, 6.07) is 19.1. The summed E-state index contributed by atoms with van der Waals surface area (Å²) in [6.07, 6.45) is 2.21.